The van der Waals surface area contributed by atoms with Crippen LogP contribution in [0, 0.1) is 0 Å². The molecule has 0 atom stereocenters. The van der Waals surface area contributed by atoms with Crippen LogP contribution >= 0.6 is 11.8 Å². The molecular formula is C22H34N6S. The first-order valence-electron chi connectivity index (χ1n) is 10.7. The molecule has 0 saturated heterocycles. The first kappa shape index (κ1) is 21.7. The number of aromatic nitrogens is 3. The zero-order chi connectivity index (χ0) is 20.5. The number of nitrogens with zero attached hydrogens (tertiary/aromatic N) is 5. The van der Waals surface area contributed by atoms with E-state index in [1.165, 1.54) is 31.2 Å². The number of hydrogen-bond acceptors (Lipinski definition) is 4. The molecule has 1 aromatic carbocycles. The van der Waals surface area contributed by atoms with Crippen molar-refractivity contribution in [3.05, 3.63) is 41.7 Å². The molecule has 0 radical (unpaired) electrons. The van der Waals surface area contributed by atoms with E-state index >= 15 is 0 Å². The summed E-state index contributed by atoms with van der Waals surface area (Å²) >= 11 is 1.70. The summed E-state index contributed by atoms with van der Waals surface area (Å²) in [6, 6.07) is 11.1. The summed E-state index contributed by atoms with van der Waals surface area (Å²) in [6.45, 7) is 4.61. The minimum atomic E-state index is 0.584. The summed E-state index contributed by atoms with van der Waals surface area (Å²) in [5.74, 6) is 2.08. The van der Waals surface area contributed by atoms with Gasteiger partial charge in [-0.2, -0.15) is 0 Å². The van der Waals surface area contributed by atoms with Gasteiger partial charge >= 0.3 is 0 Å². The molecule has 3 rings (SSSR count). The van der Waals surface area contributed by atoms with Crippen molar-refractivity contribution < 1.29 is 0 Å². The lowest BCUT2D eigenvalue weighted by atomic mass is 10.2. The van der Waals surface area contributed by atoms with Crippen molar-refractivity contribution in [3.63, 3.8) is 0 Å². The lowest BCUT2D eigenvalue weighted by Gasteiger charge is -2.22. The first-order chi connectivity index (χ1) is 14.2. The molecule has 1 aliphatic rings. The van der Waals surface area contributed by atoms with Crippen molar-refractivity contribution in [2.75, 3.05) is 26.4 Å². The summed E-state index contributed by atoms with van der Waals surface area (Å²) in [5.41, 5.74) is 1.29. The molecule has 0 unspecified atom stereocenters. The van der Waals surface area contributed by atoms with Gasteiger partial charge in [0, 0.05) is 39.1 Å². The van der Waals surface area contributed by atoms with Gasteiger partial charge < -0.3 is 14.8 Å². The Morgan fingerprint density at radius 1 is 1.24 bits per heavy atom. The van der Waals surface area contributed by atoms with Crippen molar-refractivity contribution in [2.24, 2.45) is 4.99 Å². The van der Waals surface area contributed by atoms with Gasteiger partial charge in [0.25, 0.3) is 0 Å². The second-order valence-electron chi connectivity index (χ2n) is 7.59. The fourth-order valence-electron chi connectivity index (χ4n) is 3.97. The SMILES string of the molecule is CCNC(=NCCCc1nnc(SC)n1C1CCCC1)N(C)Cc1ccccc1. The van der Waals surface area contributed by atoms with Crippen molar-refractivity contribution in [3.8, 4) is 0 Å². The summed E-state index contributed by atoms with van der Waals surface area (Å²) in [7, 11) is 2.09. The standard InChI is InChI=1S/C22H34N6S/c1-4-23-21(27(2)17-18-11-6-5-7-12-18)24-16-10-15-20-25-26-22(29-3)28(20)19-13-8-9-14-19/h5-7,11-12,19H,4,8-10,13-17H2,1-3H3,(H,23,24). The third-order valence-electron chi connectivity index (χ3n) is 5.39. The van der Waals surface area contributed by atoms with Gasteiger partial charge in [-0.25, -0.2) is 0 Å². The quantitative estimate of drug-likeness (QED) is 0.289. The number of aryl methyl sites for hydroxylation is 1. The van der Waals surface area contributed by atoms with E-state index in [1.54, 1.807) is 11.8 Å². The maximum Gasteiger partial charge on any atom is 0.193 e. The van der Waals surface area contributed by atoms with Crippen molar-refractivity contribution in [1.29, 1.82) is 0 Å². The molecule has 0 aliphatic heterocycles. The average molecular weight is 415 g/mol. The van der Waals surface area contributed by atoms with Gasteiger partial charge in [0.15, 0.2) is 11.1 Å². The van der Waals surface area contributed by atoms with Crippen LogP contribution in [0.4, 0.5) is 0 Å². The maximum atomic E-state index is 4.85. The van der Waals surface area contributed by atoms with Gasteiger partial charge in [0.1, 0.15) is 5.82 Å². The molecule has 0 spiro atoms. The Hall–Kier alpha value is -2.02. The molecule has 1 aromatic heterocycles. The highest BCUT2D eigenvalue weighted by atomic mass is 32.2. The van der Waals surface area contributed by atoms with E-state index in [4.69, 9.17) is 4.99 Å². The van der Waals surface area contributed by atoms with Gasteiger partial charge in [-0.05, 0) is 38.0 Å². The number of guanidine groups is 1. The Kier molecular flexibility index (Phi) is 8.40. The summed E-state index contributed by atoms with van der Waals surface area (Å²) in [5, 5.41) is 13.4. The Labute approximate surface area is 179 Å². The normalized spacial score (nSPS) is 15.1. The van der Waals surface area contributed by atoms with Gasteiger partial charge in [-0.15, -0.1) is 10.2 Å². The van der Waals surface area contributed by atoms with Crippen LogP contribution in [-0.2, 0) is 13.0 Å². The Bertz CT molecular complexity index is 767. The highest BCUT2D eigenvalue weighted by Crippen LogP contribution is 2.33. The van der Waals surface area contributed by atoms with Crippen LogP contribution in [0.15, 0.2) is 40.5 Å². The molecule has 29 heavy (non-hydrogen) atoms. The van der Waals surface area contributed by atoms with E-state index in [2.05, 4.69) is 75.5 Å². The fraction of sp³-hybridized carbons (Fsp3) is 0.591. The molecule has 158 valence electrons. The van der Waals surface area contributed by atoms with Gasteiger partial charge in [-0.3, -0.25) is 4.99 Å². The zero-order valence-electron chi connectivity index (χ0n) is 18.0. The van der Waals surface area contributed by atoms with Crippen molar-refractivity contribution >= 4 is 17.7 Å². The second-order valence-corrected chi connectivity index (χ2v) is 8.37. The Morgan fingerprint density at radius 3 is 2.69 bits per heavy atom. The highest BCUT2D eigenvalue weighted by molar-refractivity contribution is 7.98. The number of benzene rings is 1. The number of rotatable bonds is 9. The molecule has 1 heterocycles. The predicted molar refractivity (Wildman–Crippen MR) is 122 cm³/mol. The molecule has 7 heteroatoms. The van der Waals surface area contributed by atoms with Crippen LogP contribution in [0.25, 0.3) is 0 Å². The van der Waals surface area contributed by atoms with Gasteiger partial charge in [0.05, 0.1) is 0 Å². The number of thioether (sulfide) groups is 1. The second kappa shape index (κ2) is 11.2. The van der Waals surface area contributed by atoms with E-state index in [-0.39, 0.29) is 0 Å². The molecule has 2 aromatic rings. The van der Waals surface area contributed by atoms with Crippen LogP contribution in [0.2, 0.25) is 0 Å². The predicted octanol–water partition coefficient (Wildman–Crippen LogP) is 4.15. The largest absolute Gasteiger partial charge is 0.357 e. The molecule has 1 aliphatic carbocycles. The minimum Gasteiger partial charge on any atom is -0.357 e. The van der Waals surface area contributed by atoms with E-state index in [9.17, 15) is 0 Å². The van der Waals surface area contributed by atoms with E-state index in [0.717, 1.165) is 49.4 Å². The van der Waals surface area contributed by atoms with Crippen LogP contribution in [-0.4, -0.2) is 52.0 Å². The van der Waals surface area contributed by atoms with E-state index in [1.807, 2.05) is 0 Å². The van der Waals surface area contributed by atoms with E-state index < -0.39 is 0 Å². The molecule has 1 fully saturated rings. The summed E-state index contributed by atoms with van der Waals surface area (Å²) < 4.78 is 2.40. The average Bonchev–Trinajstić information content (AvgIpc) is 3.40. The fourth-order valence-corrected chi connectivity index (χ4v) is 4.54. The number of hydrogen-bond donors (Lipinski definition) is 1. The van der Waals surface area contributed by atoms with Gasteiger partial charge in [0.2, 0.25) is 0 Å². The summed E-state index contributed by atoms with van der Waals surface area (Å²) in [4.78, 5) is 7.03. The van der Waals surface area contributed by atoms with Crippen LogP contribution in [0.1, 0.15) is 56.5 Å². The molecule has 0 amide bonds. The summed E-state index contributed by atoms with van der Waals surface area (Å²) in [6.07, 6.45) is 9.15. The molecule has 1 saturated carbocycles. The number of nitrogens with one attached hydrogen (secondary N) is 1. The molecule has 1 N–H and O–H groups in total. The van der Waals surface area contributed by atoms with Crippen LogP contribution in [0.3, 0.4) is 0 Å². The topological polar surface area (TPSA) is 58.3 Å². The minimum absolute atomic E-state index is 0.584. The smallest absolute Gasteiger partial charge is 0.193 e. The maximum absolute atomic E-state index is 4.85. The zero-order valence-corrected chi connectivity index (χ0v) is 18.8. The van der Waals surface area contributed by atoms with Gasteiger partial charge in [-0.1, -0.05) is 54.9 Å². The third kappa shape index (κ3) is 5.98. The monoisotopic (exact) mass is 414 g/mol. The lowest BCUT2D eigenvalue weighted by molar-refractivity contribution is 0.460. The molecule has 6 nitrogen and oxygen atoms in total. The third-order valence-corrected chi connectivity index (χ3v) is 6.03. The Balaban J connectivity index is 1.58. The van der Waals surface area contributed by atoms with Crippen molar-refractivity contribution in [2.45, 2.75) is 63.2 Å². The highest BCUT2D eigenvalue weighted by Gasteiger charge is 2.23. The number of aliphatic imine (C=N–C) groups is 1. The van der Waals surface area contributed by atoms with Crippen LogP contribution < -0.4 is 5.32 Å². The Morgan fingerprint density at radius 2 is 2.00 bits per heavy atom. The first-order valence-corrected chi connectivity index (χ1v) is 12.0. The molecule has 0 bridgehead atoms. The molecular weight excluding hydrogens is 380 g/mol. The van der Waals surface area contributed by atoms with Crippen molar-refractivity contribution in [1.82, 2.24) is 25.0 Å². The van der Waals surface area contributed by atoms with Crippen LogP contribution in [0.5, 0.6) is 0 Å². The van der Waals surface area contributed by atoms with E-state index in [0.29, 0.717) is 6.04 Å². The lowest BCUT2D eigenvalue weighted by Crippen LogP contribution is -2.38.